The predicted octanol–water partition coefficient (Wildman–Crippen LogP) is 2.88. The molecule has 1 aromatic carbocycles. The number of carbonyl (C=O) groups excluding carboxylic acids is 1. The van der Waals surface area contributed by atoms with Gasteiger partial charge in [0.2, 0.25) is 0 Å². The molecule has 1 aliphatic rings. The minimum absolute atomic E-state index is 0.0367. The highest BCUT2D eigenvalue weighted by Gasteiger charge is 2.20. The number of hydrogen-bond acceptors (Lipinski definition) is 5. The molecule has 2 heterocycles. The lowest BCUT2D eigenvalue weighted by Gasteiger charge is -2.25. The third-order valence-electron chi connectivity index (χ3n) is 3.41. The first-order chi connectivity index (χ1) is 10.7. The second-order valence-electron chi connectivity index (χ2n) is 4.89. The Morgan fingerprint density at radius 3 is 2.91 bits per heavy atom. The monoisotopic (exact) mass is 337 g/mol. The number of rotatable bonds is 4. The molecule has 7 heteroatoms. The number of halogens is 1. The van der Waals surface area contributed by atoms with E-state index in [4.69, 9.17) is 16.3 Å². The number of morpholine rings is 1. The Morgan fingerprint density at radius 2 is 2.14 bits per heavy atom. The summed E-state index contributed by atoms with van der Waals surface area (Å²) in [6.07, 6.45) is 0. The number of nitrogens with one attached hydrogen (secondary N) is 1. The molecule has 1 amide bonds. The number of anilines is 1. The van der Waals surface area contributed by atoms with Crippen molar-refractivity contribution in [3.63, 3.8) is 0 Å². The Labute approximate surface area is 137 Å². The summed E-state index contributed by atoms with van der Waals surface area (Å²) in [5.41, 5.74) is 1.48. The van der Waals surface area contributed by atoms with Gasteiger partial charge in [0.15, 0.2) is 5.13 Å². The normalized spacial score (nSPS) is 14.9. The van der Waals surface area contributed by atoms with E-state index < -0.39 is 0 Å². The quantitative estimate of drug-likeness (QED) is 0.932. The zero-order valence-electron chi connectivity index (χ0n) is 11.9. The van der Waals surface area contributed by atoms with Crippen molar-refractivity contribution in [2.75, 3.05) is 31.6 Å². The number of nitrogens with zero attached hydrogens (tertiary/aromatic N) is 2. The topological polar surface area (TPSA) is 54.5 Å². The predicted molar refractivity (Wildman–Crippen MR) is 87.6 cm³/mol. The molecule has 22 heavy (non-hydrogen) atoms. The summed E-state index contributed by atoms with van der Waals surface area (Å²) in [6.45, 7) is 3.01. The van der Waals surface area contributed by atoms with Crippen molar-refractivity contribution in [2.24, 2.45) is 0 Å². The molecule has 116 valence electrons. The van der Waals surface area contributed by atoms with Gasteiger partial charge in [-0.05, 0) is 11.6 Å². The molecule has 0 radical (unpaired) electrons. The van der Waals surface area contributed by atoms with Gasteiger partial charge in [-0.15, -0.1) is 11.3 Å². The number of thiazole rings is 1. The van der Waals surface area contributed by atoms with Crippen LogP contribution in [0.15, 0.2) is 29.6 Å². The lowest BCUT2D eigenvalue weighted by molar-refractivity contribution is 0.0299. The third kappa shape index (κ3) is 3.58. The van der Waals surface area contributed by atoms with E-state index in [1.165, 1.54) is 11.3 Å². The number of carbonyl (C=O) groups is 1. The van der Waals surface area contributed by atoms with Crippen LogP contribution in [0.5, 0.6) is 0 Å². The molecule has 1 N–H and O–H groups in total. The molecular formula is C15H16ClN3O2S. The summed E-state index contributed by atoms with van der Waals surface area (Å²) in [5.74, 6) is -0.0367. The van der Waals surface area contributed by atoms with E-state index >= 15 is 0 Å². The van der Waals surface area contributed by atoms with Gasteiger partial charge in [-0.1, -0.05) is 29.8 Å². The smallest absolute Gasteiger partial charge is 0.273 e. The first kappa shape index (κ1) is 15.3. The van der Waals surface area contributed by atoms with E-state index in [2.05, 4.69) is 10.3 Å². The van der Waals surface area contributed by atoms with Crippen LogP contribution >= 0.6 is 22.9 Å². The molecule has 0 bridgehead atoms. The molecule has 0 aliphatic carbocycles. The van der Waals surface area contributed by atoms with E-state index in [0.29, 0.717) is 38.5 Å². The molecule has 0 saturated carbocycles. The van der Waals surface area contributed by atoms with Gasteiger partial charge in [0, 0.05) is 30.0 Å². The minimum atomic E-state index is -0.0367. The van der Waals surface area contributed by atoms with Crippen molar-refractivity contribution in [1.29, 1.82) is 0 Å². The number of benzene rings is 1. The van der Waals surface area contributed by atoms with Gasteiger partial charge >= 0.3 is 0 Å². The maximum atomic E-state index is 12.3. The standard InChI is InChI=1S/C15H16ClN3O2S/c16-12-4-2-1-3-11(12)9-17-15-18-13(10-22-15)14(20)19-5-7-21-8-6-19/h1-4,10H,5-9H2,(H,17,18). The number of aromatic nitrogens is 1. The summed E-state index contributed by atoms with van der Waals surface area (Å²) in [7, 11) is 0. The van der Waals surface area contributed by atoms with Gasteiger partial charge < -0.3 is 15.0 Å². The molecule has 0 atom stereocenters. The van der Waals surface area contributed by atoms with Crippen LogP contribution in [0, 0.1) is 0 Å². The van der Waals surface area contributed by atoms with Crippen molar-refractivity contribution in [1.82, 2.24) is 9.88 Å². The Balaban J connectivity index is 1.61. The van der Waals surface area contributed by atoms with Crippen molar-refractivity contribution in [3.8, 4) is 0 Å². The van der Waals surface area contributed by atoms with Crippen molar-refractivity contribution in [3.05, 3.63) is 45.9 Å². The average molecular weight is 338 g/mol. The fraction of sp³-hybridized carbons (Fsp3) is 0.333. The minimum Gasteiger partial charge on any atom is -0.378 e. The van der Waals surface area contributed by atoms with Gasteiger partial charge in [0.25, 0.3) is 5.91 Å². The summed E-state index contributed by atoms with van der Waals surface area (Å²) in [4.78, 5) is 18.4. The number of amides is 1. The Bertz CT molecular complexity index is 656. The highest BCUT2D eigenvalue weighted by molar-refractivity contribution is 7.13. The first-order valence-corrected chi connectivity index (χ1v) is 8.29. The largest absolute Gasteiger partial charge is 0.378 e. The van der Waals surface area contributed by atoms with E-state index in [9.17, 15) is 4.79 Å². The zero-order chi connectivity index (χ0) is 15.4. The molecule has 3 rings (SSSR count). The van der Waals surface area contributed by atoms with Gasteiger partial charge in [-0.2, -0.15) is 0 Å². The number of hydrogen-bond donors (Lipinski definition) is 1. The molecular weight excluding hydrogens is 322 g/mol. The lowest BCUT2D eigenvalue weighted by Crippen LogP contribution is -2.40. The molecule has 1 aliphatic heterocycles. The van der Waals surface area contributed by atoms with E-state index in [0.717, 1.165) is 15.7 Å². The zero-order valence-corrected chi connectivity index (χ0v) is 13.5. The van der Waals surface area contributed by atoms with E-state index in [-0.39, 0.29) is 5.91 Å². The van der Waals surface area contributed by atoms with Crippen LogP contribution in [0.1, 0.15) is 16.1 Å². The maximum absolute atomic E-state index is 12.3. The van der Waals surface area contributed by atoms with Crippen LogP contribution in [-0.2, 0) is 11.3 Å². The summed E-state index contributed by atoms with van der Waals surface area (Å²) < 4.78 is 5.25. The molecule has 0 unspecified atom stereocenters. The highest BCUT2D eigenvalue weighted by atomic mass is 35.5. The summed E-state index contributed by atoms with van der Waals surface area (Å²) in [5, 5.41) is 6.43. The lowest BCUT2D eigenvalue weighted by atomic mass is 10.2. The van der Waals surface area contributed by atoms with Crippen molar-refractivity contribution < 1.29 is 9.53 Å². The average Bonchev–Trinajstić information content (AvgIpc) is 3.03. The van der Waals surface area contributed by atoms with Crippen LogP contribution in [-0.4, -0.2) is 42.1 Å². The molecule has 1 aromatic heterocycles. The number of ether oxygens (including phenoxy) is 1. The van der Waals surface area contributed by atoms with E-state index in [1.807, 2.05) is 24.3 Å². The molecule has 5 nitrogen and oxygen atoms in total. The molecule has 1 fully saturated rings. The van der Waals surface area contributed by atoms with Gasteiger partial charge in [0.1, 0.15) is 5.69 Å². The third-order valence-corrected chi connectivity index (χ3v) is 4.58. The van der Waals surface area contributed by atoms with Gasteiger partial charge in [-0.25, -0.2) is 4.98 Å². The second-order valence-corrected chi connectivity index (χ2v) is 6.15. The van der Waals surface area contributed by atoms with Crippen LogP contribution in [0.2, 0.25) is 5.02 Å². The fourth-order valence-corrected chi connectivity index (χ4v) is 3.08. The highest BCUT2D eigenvalue weighted by Crippen LogP contribution is 2.20. The first-order valence-electron chi connectivity index (χ1n) is 7.04. The van der Waals surface area contributed by atoms with Crippen LogP contribution in [0.3, 0.4) is 0 Å². The molecule has 0 spiro atoms. The van der Waals surface area contributed by atoms with Crippen LogP contribution in [0.4, 0.5) is 5.13 Å². The summed E-state index contributed by atoms with van der Waals surface area (Å²) >= 11 is 7.54. The van der Waals surface area contributed by atoms with Gasteiger partial charge in [-0.3, -0.25) is 4.79 Å². The Kier molecular flexibility index (Phi) is 4.92. The molecule has 2 aromatic rings. The van der Waals surface area contributed by atoms with Crippen LogP contribution < -0.4 is 5.32 Å². The Morgan fingerprint density at radius 1 is 1.36 bits per heavy atom. The summed E-state index contributed by atoms with van der Waals surface area (Å²) in [6, 6.07) is 7.66. The van der Waals surface area contributed by atoms with Crippen molar-refractivity contribution in [2.45, 2.75) is 6.54 Å². The Hall–Kier alpha value is -1.63. The van der Waals surface area contributed by atoms with Crippen LogP contribution in [0.25, 0.3) is 0 Å². The molecule has 1 saturated heterocycles. The maximum Gasteiger partial charge on any atom is 0.273 e. The van der Waals surface area contributed by atoms with Gasteiger partial charge in [0.05, 0.1) is 13.2 Å². The second kappa shape index (κ2) is 7.09. The van der Waals surface area contributed by atoms with Crippen molar-refractivity contribution >= 4 is 34.0 Å². The fourth-order valence-electron chi connectivity index (χ4n) is 2.19. The van der Waals surface area contributed by atoms with E-state index in [1.54, 1.807) is 10.3 Å². The SMILES string of the molecule is O=C(c1csc(NCc2ccccc2Cl)n1)N1CCOCC1.